The van der Waals surface area contributed by atoms with Crippen LogP contribution in [0.15, 0.2) is 0 Å². The fraction of sp³-hybridized carbons (Fsp3) is 0.929. The number of alkyl carbamates (subject to hydrolysis) is 1. The number of carbonyl (C=O) groups excluding carboxylic acids is 1. The van der Waals surface area contributed by atoms with Crippen molar-refractivity contribution in [3.63, 3.8) is 0 Å². The number of nitrogens with one attached hydrogen (secondary N) is 1. The molecule has 0 bridgehead atoms. The fourth-order valence-corrected chi connectivity index (χ4v) is 3.06. The van der Waals surface area contributed by atoms with Gasteiger partial charge in [-0.25, -0.2) is 4.79 Å². The van der Waals surface area contributed by atoms with E-state index in [1.807, 2.05) is 0 Å². The summed E-state index contributed by atoms with van der Waals surface area (Å²) in [5.74, 6) is 1.65. The van der Waals surface area contributed by atoms with E-state index >= 15 is 0 Å². The number of rotatable bonds is 5. The Bertz CT molecular complexity index is 279. The third kappa shape index (κ3) is 4.16. The van der Waals surface area contributed by atoms with E-state index in [2.05, 4.69) is 17.1 Å². The summed E-state index contributed by atoms with van der Waals surface area (Å²) in [7, 11) is 1.43. The molecule has 1 saturated carbocycles. The maximum atomic E-state index is 11.3. The molecular formula is C14H26N2O2. The molecule has 2 rings (SSSR count). The SMILES string of the molecule is CCCC1CC(NC(=O)OC)CN(CC2CC2)C1. The van der Waals surface area contributed by atoms with Crippen LogP contribution in [0.4, 0.5) is 4.79 Å². The van der Waals surface area contributed by atoms with E-state index in [-0.39, 0.29) is 12.1 Å². The first-order chi connectivity index (χ1) is 8.71. The lowest BCUT2D eigenvalue weighted by Gasteiger charge is -2.38. The van der Waals surface area contributed by atoms with Gasteiger partial charge in [-0.15, -0.1) is 0 Å². The highest BCUT2D eigenvalue weighted by atomic mass is 16.5. The van der Waals surface area contributed by atoms with Crippen molar-refractivity contribution in [3.8, 4) is 0 Å². The predicted molar refractivity (Wildman–Crippen MR) is 71.5 cm³/mol. The standard InChI is InChI=1S/C14H26N2O2/c1-3-4-12-7-13(15-14(17)18-2)10-16(9-12)8-11-5-6-11/h11-13H,3-10H2,1-2H3,(H,15,17). The fourth-order valence-electron chi connectivity index (χ4n) is 3.06. The first kappa shape index (κ1) is 13.7. The molecule has 2 fully saturated rings. The molecule has 1 aliphatic carbocycles. The highest BCUT2D eigenvalue weighted by Crippen LogP contribution is 2.31. The van der Waals surface area contributed by atoms with Gasteiger partial charge in [-0.1, -0.05) is 13.3 Å². The molecule has 0 aromatic heterocycles. The van der Waals surface area contributed by atoms with Crippen LogP contribution in [0.25, 0.3) is 0 Å². The van der Waals surface area contributed by atoms with Crippen molar-refractivity contribution in [1.82, 2.24) is 10.2 Å². The second-order valence-corrected chi connectivity index (χ2v) is 5.89. The smallest absolute Gasteiger partial charge is 0.407 e. The van der Waals surface area contributed by atoms with E-state index in [0.29, 0.717) is 0 Å². The van der Waals surface area contributed by atoms with Gasteiger partial charge in [0.2, 0.25) is 0 Å². The zero-order chi connectivity index (χ0) is 13.0. The van der Waals surface area contributed by atoms with Gasteiger partial charge in [0.1, 0.15) is 0 Å². The molecule has 0 radical (unpaired) electrons. The lowest BCUT2D eigenvalue weighted by atomic mass is 9.90. The predicted octanol–water partition coefficient (Wildman–Crippen LogP) is 2.24. The van der Waals surface area contributed by atoms with Crippen molar-refractivity contribution in [1.29, 1.82) is 0 Å². The molecule has 4 nitrogen and oxygen atoms in total. The minimum absolute atomic E-state index is 0.265. The van der Waals surface area contributed by atoms with Gasteiger partial charge < -0.3 is 15.0 Å². The van der Waals surface area contributed by atoms with Crippen molar-refractivity contribution in [3.05, 3.63) is 0 Å². The quantitative estimate of drug-likeness (QED) is 0.818. The number of amides is 1. The highest BCUT2D eigenvalue weighted by Gasteiger charge is 2.31. The Kier molecular flexibility index (Phi) is 4.87. The average Bonchev–Trinajstić information content (AvgIpc) is 3.13. The van der Waals surface area contributed by atoms with Crippen LogP contribution >= 0.6 is 0 Å². The Morgan fingerprint density at radius 1 is 1.33 bits per heavy atom. The van der Waals surface area contributed by atoms with E-state index in [9.17, 15) is 4.79 Å². The highest BCUT2D eigenvalue weighted by molar-refractivity contribution is 5.67. The number of ether oxygens (including phenoxy) is 1. The Hall–Kier alpha value is -0.770. The second-order valence-electron chi connectivity index (χ2n) is 5.89. The van der Waals surface area contributed by atoms with Gasteiger partial charge >= 0.3 is 6.09 Å². The van der Waals surface area contributed by atoms with Gasteiger partial charge in [0, 0.05) is 25.7 Å². The van der Waals surface area contributed by atoms with E-state index in [4.69, 9.17) is 4.74 Å². The van der Waals surface area contributed by atoms with Crippen LogP contribution in [0.5, 0.6) is 0 Å². The normalized spacial score (nSPS) is 29.0. The van der Waals surface area contributed by atoms with Gasteiger partial charge in [-0.05, 0) is 37.5 Å². The monoisotopic (exact) mass is 254 g/mol. The van der Waals surface area contributed by atoms with Crippen LogP contribution in [-0.4, -0.2) is 43.8 Å². The van der Waals surface area contributed by atoms with Gasteiger partial charge in [0.05, 0.1) is 7.11 Å². The molecule has 1 aliphatic heterocycles. The zero-order valence-electron chi connectivity index (χ0n) is 11.7. The van der Waals surface area contributed by atoms with Gasteiger partial charge in [-0.3, -0.25) is 0 Å². The molecule has 0 spiro atoms. The lowest BCUT2D eigenvalue weighted by molar-refractivity contribution is 0.118. The van der Waals surface area contributed by atoms with Crippen molar-refractivity contribution < 1.29 is 9.53 Å². The van der Waals surface area contributed by atoms with Crippen molar-refractivity contribution in [2.45, 2.75) is 45.1 Å². The molecule has 104 valence electrons. The van der Waals surface area contributed by atoms with Crippen LogP contribution in [0, 0.1) is 11.8 Å². The number of nitrogens with zero attached hydrogens (tertiary/aromatic N) is 1. The van der Waals surface area contributed by atoms with Gasteiger partial charge in [0.25, 0.3) is 0 Å². The summed E-state index contributed by atoms with van der Waals surface area (Å²) in [6.45, 7) is 5.66. The van der Waals surface area contributed by atoms with Gasteiger partial charge in [0.15, 0.2) is 0 Å². The summed E-state index contributed by atoms with van der Waals surface area (Å²) in [5.41, 5.74) is 0. The molecule has 2 aliphatic rings. The Morgan fingerprint density at radius 3 is 2.72 bits per heavy atom. The third-order valence-corrected chi connectivity index (χ3v) is 4.03. The van der Waals surface area contributed by atoms with Crippen LogP contribution in [0.2, 0.25) is 0 Å². The van der Waals surface area contributed by atoms with E-state index in [1.165, 1.54) is 45.9 Å². The van der Waals surface area contributed by atoms with Crippen LogP contribution < -0.4 is 5.32 Å². The maximum Gasteiger partial charge on any atom is 0.407 e. The number of hydrogen-bond donors (Lipinski definition) is 1. The first-order valence-electron chi connectivity index (χ1n) is 7.28. The number of carbonyl (C=O) groups is 1. The number of hydrogen-bond acceptors (Lipinski definition) is 3. The molecule has 2 unspecified atom stereocenters. The molecule has 0 aromatic rings. The molecule has 4 heteroatoms. The molecular weight excluding hydrogens is 228 g/mol. The Morgan fingerprint density at radius 2 is 2.11 bits per heavy atom. The van der Waals surface area contributed by atoms with Crippen LogP contribution in [0.1, 0.15) is 39.0 Å². The summed E-state index contributed by atoms with van der Waals surface area (Å²) in [6, 6.07) is 0.265. The lowest BCUT2D eigenvalue weighted by Crippen LogP contribution is -2.51. The zero-order valence-corrected chi connectivity index (χ0v) is 11.7. The number of methoxy groups -OCH3 is 1. The summed E-state index contributed by atoms with van der Waals surface area (Å²) >= 11 is 0. The largest absolute Gasteiger partial charge is 0.453 e. The summed E-state index contributed by atoms with van der Waals surface area (Å²) in [5, 5.41) is 2.98. The van der Waals surface area contributed by atoms with Gasteiger partial charge in [-0.2, -0.15) is 0 Å². The van der Waals surface area contributed by atoms with Crippen molar-refractivity contribution >= 4 is 6.09 Å². The minimum Gasteiger partial charge on any atom is -0.453 e. The van der Waals surface area contributed by atoms with E-state index in [1.54, 1.807) is 0 Å². The van der Waals surface area contributed by atoms with Crippen molar-refractivity contribution in [2.75, 3.05) is 26.7 Å². The van der Waals surface area contributed by atoms with Crippen molar-refractivity contribution in [2.24, 2.45) is 11.8 Å². The second kappa shape index (κ2) is 6.41. The molecule has 1 N–H and O–H groups in total. The summed E-state index contributed by atoms with van der Waals surface area (Å²) in [4.78, 5) is 13.9. The summed E-state index contributed by atoms with van der Waals surface area (Å²) < 4.78 is 4.71. The summed E-state index contributed by atoms with van der Waals surface area (Å²) in [6.07, 6.45) is 6.09. The first-order valence-corrected chi connectivity index (χ1v) is 7.28. The molecule has 1 saturated heterocycles. The Labute approximate surface area is 110 Å². The molecule has 1 heterocycles. The van der Waals surface area contributed by atoms with E-state index in [0.717, 1.165) is 24.8 Å². The minimum atomic E-state index is -0.288. The van der Waals surface area contributed by atoms with E-state index < -0.39 is 0 Å². The molecule has 2 atom stereocenters. The topological polar surface area (TPSA) is 41.6 Å². The number of piperidine rings is 1. The molecule has 1 amide bonds. The van der Waals surface area contributed by atoms with Crippen LogP contribution in [0.3, 0.4) is 0 Å². The van der Waals surface area contributed by atoms with Crippen LogP contribution in [-0.2, 0) is 4.74 Å². The molecule has 0 aromatic carbocycles. The Balaban J connectivity index is 1.85. The number of likely N-dealkylation sites (tertiary alicyclic amines) is 1. The average molecular weight is 254 g/mol. The maximum absolute atomic E-state index is 11.3. The third-order valence-electron chi connectivity index (χ3n) is 4.03. The molecule has 18 heavy (non-hydrogen) atoms.